The van der Waals surface area contributed by atoms with Gasteiger partial charge in [-0.2, -0.15) is 0 Å². The third kappa shape index (κ3) is 0.792. The van der Waals surface area contributed by atoms with Gasteiger partial charge in [-0.1, -0.05) is 12.7 Å². The van der Waals surface area contributed by atoms with E-state index < -0.39 is 0 Å². The number of hydrogen-bond acceptors (Lipinski definition) is 2. The Kier molecular flexibility index (Phi) is 1.15. The first-order chi connectivity index (χ1) is 5.29. The van der Waals surface area contributed by atoms with E-state index in [-0.39, 0.29) is 0 Å². The monoisotopic (exact) mass is 144 g/mol. The summed E-state index contributed by atoms with van der Waals surface area (Å²) in [4.78, 5) is 8.20. The SMILES string of the molecule is C=C1C=Cc2ncnc(C)c21. The molecule has 1 heterocycles. The Morgan fingerprint density at radius 3 is 2.82 bits per heavy atom. The molecule has 1 aliphatic rings. The fraction of sp³-hybridized carbons (Fsp3) is 0.111. The average Bonchev–Trinajstić information content (AvgIpc) is 2.34. The van der Waals surface area contributed by atoms with Gasteiger partial charge in [0, 0.05) is 11.3 Å². The molecule has 0 unspecified atom stereocenters. The van der Waals surface area contributed by atoms with Crippen molar-refractivity contribution in [3.63, 3.8) is 0 Å². The van der Waals surface area contributed by atoms with Gasteiger partial charge in [0.25, 0.3) is 0 Å². The van der Waals surface area contributed by atoms with E-state index in [1.807, 2.05) is 19.1 Å². The maximum absolute atomic E-state index is 4.11. The summed E-state index contributed by atoms with van der Waals surface area (Å²) < 4.78 is 0. The molecule has 0 amide bonds. The van der Waals surface area contributed by atoms with Crippen LogP contribution < -0.4 is 0 Å². The summed E-state index contributed by atoms with van der Waals surface area (Å²) in [5.41, 5.74) is 4.10. The lowest BCUT2D eigenvalue weighted by atomic mass is 10.1. The number of nitrogens with zero attached hydrogens (tertiary/aromatic N) is 2. The van der Waals surface area contributed by atoms with Crippen LogP contribution in [0.4, 0.5) is 0 Å². The maximum Gasteiger partial charge on any atom is 0.116 e. The highest BCUT2D eigenvalue weighted by molar-refractivity contribution is 5.88. The molecule has 0 saturated carbocycles. The summed E-state index contributed by atoms with van der Waals surface area (Å²) in [7, 11) is 0. The van der Waals surface area contributed by atoms with Crippen molar-refractivity contribution in [3.05, 3.63) is 35.9 Å². The molecule has 0 N–H and O–H groups in total. The van der Waals surface area contributed by atoms with Crippen LogP contribution in [0.25, 0.3) is 11.6 Å². The fourth-order valence-electron chi connectivity index (χ4n) is 1.28. The Hall–Kier alpha value is -1.44. The van der Waals surface area contributed by atoms with Crippen molar-refractivity contribution in [2.75, 3.05) is 0 Å². The van der Waals surface area contributed by atoms with Gasteiger partial charge in [0.1, 0.15) is 6.33 Å². The first-order valence-corrected chi connectivity index (χ1v) is 3.48. The van der Waals surface area contributed by atoms with E-state index in [2.05, 4.69) is 16.5 Å². The van der Waals surface area contributed by atoms with Crippen molar-refractivity contribution < 1.29 is 0 Å². The quantitative estimate of drug-likeness (QED) is 0.555. The Morgan fingerprint density at radius 1 is 1.27 bits per heavy atom. The number of aromatic nitrogens is 2. The Labute approximate surface area is 65.3 Å². The molecule has 0 bridgehead atoms. The second kappa shape index (κ2) is 2.02. The van der Waals surface area contributed by atoms with E-state index in [4.69, 9.17) is 0 Å². The van der Waals surface area contributed by atoms with E-state index in [1.165, 1.54) is 0 Å². The van der Waals surface area contributed by atoms with Crippen molar-refractivity contribution in [2.24, 2.45) is 0 Å². The van der Waals surface area contributed by atoms with Crippen LogP contribution in [0.15, 0.2) is 19.0 Å². The van der Waals surface area contributed by atoms with Crippen molar-refractivity contribution >= 4 is 11.6 Å². The third-order valence-corrected chi connectivity index (χ3v) is 1.83. The number of rotatable bonds is 0. The molecule has 2 rings (SSSR count). The van der Waals surface area contributed by atoms with Gasteiger partial charge in [0.05, 0.1) is 5.69 Å². The van der Waals surface area contributed by atoms with E-state index in [0.29, 0.717) is 0 Å². The summed E-state index contributed by atoms with van der Waals surface area (Å²) in [6, 6.07) is 0. The van der Waals surface area contributed by atoms with Crippen LogP contribution in [0.3, 0.4) is 0 Å². The first kappa shape index (κ1) is 6.28. The highest BCUT2D eigenvalue weighted by Gasteiger charge is 2.12. The molecular weight excluding hydrogens is 136 g/mol. The fourth-order valence-corrected chi connectivity index (χ4v) is 1.28. The second-order valence-electron chi connectivity index (χ2n) is 2.58. The van der Waals surface area contributed by atoms with Crippen LogP contribution in [0, 0.1) is 6.92 Å². The van der Waals surface area contributed by atoms with Crippen molar-refractivity contribution in [1.29, 1.82) is 0 Å². The second-order valence-corrected chi connectivity index (χ2v) is 2.58. The zero-order valence-electron chi connectivity index (χ0n) is 6.33. The average molecular weight is 144 g/mol. The molecule has 1 aromatic heterocycles. The number of hydrogen-bond donors (Lipinski definition) is 0. The zero-order valence-corrected chi connectivity index (χ0v) is 6.33. The van der Waals surface area contributed by atoms with E-state index in [1.54, 1.807) is 6.33 Å². The molecule has 0 spiro atoms. The summed E-state index contributed by atoms with van der Waals surface area (Å²) in [5.74, 6) is 0. The molecule has 0 atom stereocenters. The van der Waals surface area contributed by atoms with Gasteiger partial charge in [-0.25, -0.2) is 9.97 Å². The minimum absolute atomic E-state index is 0.988. The molecule has 0 saturated heterocycles. The van der Waals surface area contributed by atoms with Gasteiger partial charge in [-0.05, 0) is 18.6 Å². The lowest BCUT2D eigenvalue weighted by Crippen LogP contribution is -1.92. The van der Waals surface area contributed by atoms with Crippen molar-refractivity contribution in [3.8, 4) is 0 Å². The van der Waals surface area contributed by atoms with Crippen LogP contribution in [0.1, 0.15) is 17.0 Å². The van der Waals surface area contributed by atoms with Crippen LogP contribution in [0.5, 0.6) is 0 Å². The topological polar surface area (TPSA) is 25.8 Å². The molecule has 1 aliphatic carbocycles. The normalized spacial score (nSPS) is 13.7. The Morgan fingerprint density at radius 2 is 2.09 bits per heavy atom. The first-order valence-electron chi connectivity index (χ1n) is 3.48. The van der Waals surface area contributed by atoms with E-state index in [9.17, 15) is 0 Å². The molecule has 2 nitrogen and oxygen atoms in total. The number of aryl methyl sites for hydroxylation is 1. The van der Waals surface area contributed by atoms with E-state index >= 15 is 0 Å². The van der Waals surface area contributed by atoms with Gasteiger partial charge in [0.15, 0.2) is 0 Å². The van der Waals surface area contributed by atoms with E-state index in [0.717, 1.165) is 22.5 Å². The largest absolute Gasteiger partial charge is 0.241 e. The van der Waals surface area contributed by atoms with Crippen LogP contribution in [-0.2, 0) is 0 Å². The number of fused-ring (bicyclic) bond motifs is 1. The highest BCUT2D eigenvalue weighted by atomic mass is 14.8. The predicted molar refractivity (Wildman–Crippen MR) is 44.8 cm³/mol. The summed E-state index contributed by atoms with van der Waals surface area (Å²) in [6.07, 6.45) is 5.51. The molecule has 0 aromatic carbocycles. The molecule has 0 fully saturated rings. The molecule has 1 aromatic rings. The number of allylic oxidation sites excluding steroid dienone is 2. The summed E-state index contributed by atoms with van der Waals surface area (Å²) in [5, 5.41) is 0. The van der Waals surface area contributed by atoms with Crippen molar-refractivity contribution in [1.82, 2.24) is 9.97 Å². The van der Waals surface area contributed by atoms with Crippen LogP contribution in [0.2, 0.25) is 0 Å². The summed E-state index contributed by atoms with van der Waals surface area (Å²) in [6.45, 7) is 5.86. The smallest absolute Gasteiger partial charge is 0.116 e. The lowest BCUT2D eigenvalue weighted by molar-refractivity contribution is 1.08. The van der Waals surface area contributed by atoms with Crippen LogP contribution >= 0.6 is 0 Å². The zero-order chi connectivity index (χ0) is 7.84. The highest BCUT2D eigenvalue weighted by Crippen LogP contribution is 2.27. The molecule has 2 heteroatoms. The van der Waals surface area contributed by atoms with Gasteiger partial charge < -0.3 is 0 Å². The molecular formula is C9H8N2. The van der Waals surface area contributed by atoms with Gasteiger partial charge >= 0.3 is 0 Å². The Balaban J connectivity index is 2.74. The minimum atomic E-state index is 0.988. The van der Waals surface area contributed by atoms with Gasteiger partial charge in [-0.15, -0.1) is 0 Å². The van der Waals surface area contributed by atoms with Crippen molar-refractivity contribution in [2.45, 2.75) is 6.92 Å². The molecule has 11 heavy (non-hydrogen) atoms. The summed E-state index contributed by atoms with van der Waals surface area (Å²) >= 11 is 0. The standard InChI is InChI=1S/C9H8N2/c1-6-3-4-8-9(6)7(2)10-5-11-8/h3-5H,1H2,2H3. The third-order valence-electron chi connectivity index (χ3n) is 1.83. The molecule has 0 radical (unpaired) electrons. The lowest BCUT2D eigenvalue weighted by Gasteiger charge is -2.00. The predicted octanol–water partition coefficient (Wildman–Crippen LogP) is 1.83. The Bertz CT molecular complexity index is 351. The molecule has 0 aliphatic heterocycles. The molecule has 54 valence electrons. The van der Waals surface area contributed by atoms with Crippen LogP contribution in [-0.4, -0.2) is 9.97 Å². The van der Waals surface area contributed by atoms with Gasteiger partial charge in [0.2, 0.25) is 0 Å². The minimum Gasteiger partial charge on any atom is -0.241 e. The maximum atomic E-state index is 4.11. The van der Waals surface area contributed by atoms with Gasteiger partial charge in [-0.3, -0.25) is 0 Å².